The molecular weight excluding hydrogens is 368 g/mol. The summed E-state index contributed by atoms with van der Waals surface area (Å²) in [6, 6.07) is 27.3. The third-order valence-electron chi connectivity index (χ3n) is 4.50. The molecule has 0 N–H and O–H groups in total. The third kappa shape index (κ3) is 7.11. The molecule has 0 fully saturated rings. The summed E-state index contributed by atoms with van der Waals surface area (Å²) in [4.78, 5) is 9.49. The molecule has 30 heavy (non-hydrogen) atoms. The van der Waals surface area contributed by atoms with Gasteiger partial charge >= 0.3 is 0 Å². The number of hydrogen-bond donors (Lipinski definition) is 0. The van der Waals surface area contributed by atoms with E-state index in [2.05, 4.69) is 73.9 Å². The predicted octanol–water partition coefficient (Wildman–Crippen LogP) is 5.41. The summed E-state index contributed by atoms with van der Waals surface area (Å²) in [5.41, 5.74) is 6.15. The Morgan fingerprint density at radius 1 is 0.867 bits per heavy atom. The molecule has 0 saturated heterocycles. The molecule has 3 aromatic carbocycles. The van der Waals surface area contributed by atoms with Gasteiger partial charge in [0, 0.05) is 11.1 Å². The zero-order valence-electron chi connectivity index (χ0n) is 17.7. The van der Waals surface area contributed by atoms with E-state index >= 15 is 0 Å². The average Bonchev–Trinajstić information content (AvgIpc) is 2.78. The lowest BCUT2D eigenvalue weighted by molar-refractivity contribution is -0.299. The van der Waals surface area contributed by atoms with E-state index in [4.69, 9.17) is 0 Å². The second-order valence-electron chi connectivity index (χ2n) is 6.99. The third-order valence-corrected chi connectivity index (χ3v) is 4.50. The van der Waals surface area contributed by atoms with Gasteiger partial charge in [-0.1, -0.05) is 92.4 Å². The van der Waals surface area contributed by atoms with E-state index < -0.39 is 5.97 Å². The summed E-state index contributed by atoms with van der Waals surface area (Å²) in [5, 5.41) is 9.49. The fraction of sp³-hybridized carbons (Fsp3) is 0.179. The number of carbonyl (C=O) groups excluding carboxylic acids is 1. The molecule has 3 aromatic rings. The minimum atomic E-state index is -1.19. The number of carboxylic acid groups (broad SMARTS) is 1. The quantitative estimate of drug-likeness (QED) is 0.428. The SMILES string of the molecule is C=C(C)C(=O)[O-].CCCCc1ccccc1-c1ccccc1C#Cc1ccccc1. The van der Waals surface area contributed by atoms with Crippen molar-refractivity contribution in [1.82, 2.24) is 0 Å². The molecule has 0 bridgehead atoms. The number of carbonyl (C=O) groups is 1. The minimum Gasteiger partial charge on any atom is -0.545 e. The van der Waals surface area contributed by atoms with Crippen molar-refractivity contribution in [2.45, 2.75) is 33.1 Å². The lowest BCUT2D eigenvalue weighted by Gasteiger charge is -2.11. The van der Waals surface area contributed by atoms with Crippen LogP contribution in [-0.2, 0) is 11.2 Å². The maximum atomic E-state index is 9.49. The largest absolute Gasteiger partial charge is 0.545 e. The van der Waals surface area contributed by atoms with Crippen LogP contribution in [0.25, 0.3) is 11.1 Å². The van der Waals surface area contributed by atoms with Crippen molar-refractivity contribution in [2.24, 2.45) is 0 Å². The van der Waals surface area contributed by atoms with Crippen molar-refractivity contribution in [2.75, 3.05) is 0 Å². The molecule has 0 aliphatic heterocycles. The zero-order valence-corrected chi connectivity index (χ0v) is 17.7. The van der Waals surface area contributed by atoms with Gasteiger partial charge in [-0.3, -0.25) is 0 Å². The Labute approximate surface area is 179 Å². The number of rotatable bonds is 5. The number of aliphatic carboxylic acids is 1. The highest BCUT2D eigenvalue weighted by atomic mass is 16.4. The van der Waals surface area contributed by atoms with E-state index in [9.17, 15) is 9.90 Å². The summed E-state index contributed by atoms with van der Waals surface area (Å²) >= 11 is 0. The van der Waals surface area contributed by atoms with Gasteiger partial charge < -0.3 is 9.90 Å². The summed E-state index contributed by atoms with van der Waals surface area (Å²) in [5.74, 6) is 5.46. The van der Waals surface area contributed by atoms with Crippen LogP contribution >= 0.6 is 0 Å². The van der Waals surface area contributed by atoms with Crippen LogP contribution in [0.1, 0.15) is 43.4 Å². The highest BCUT2D eigenvalue weighted by molar-refractivity contribution is 5.82. The van der Waals surface area contributed by atoms with E-state index in [1.807, 2.05) is 30.3 Å². The molecule has 0 aliphatic carbocycles. The van der Waals surface area contributed by atoms with Crippen molar-refractivity contribution in [3.05, 3.63) is 108 Å². The molecule has 0 aliphatic rings. The van der Waals surface area contributed by atoms with Gasteiger partial charge in [0.2, 0.25) is 0 Å². The van der Waals surface area contributed by atoms with Gasteiger partial charge in [-0.25, -0.2) is 0 Å². The molecule has 3 rings (SSSR count). The Hall–Kier alpha value is -3.57. The molecule has 0 spiro atoms. The average molecular weight is 396 g/mol. The number of aryl methyl sites for hydroxylation is 1. The molecule has 2 heteroatoms. The highest BCUT2D eigenvalue weighted by Crippen LogP contribution is 2.28. The second kappa shape index (κ2) is 12.1. The summed E-state index contributed by atoms with van der Waals surface area (Å²) in [6.07, 6.45) is 3.55. The zero-order chi connectivity index (χ0) is 21.8. The van der Waals surface area contributed by atoms with Gasteiger partial charge in [0.05, 0.1) is 5.97 Å². The molecule has 0 radical (unpaired) electrons. The van der Waals surface area contributed by atoms with E-state index in [1.165, 1.54) is 36.5 Å². The van der Waals surface area contributed by atoms with Crippen molar-refractivity contribution in [1.29, 1.82) is 0 Å². The first-order valence-electron chi connectivity index (χ1n) is 10.1. The van der Waals surface area contributed by atoms with Crippen LogP contribution in [-0.4, -0.2) is 5.97 Å². The Bertz CT molecular complexity index is 1020. The number of hydrogen-bond acceptors (Lipinski definition) is 2. The molecular formula is C28H27O2-. The first kappa shape index (κ1) is 22.7. The number of benzene rings is 3. The van der Waals surface area contributed by atoms with Crippen molar-refractivity contribution in [3.8, 4) is 23.0 Å². The summed E-state index contributed by atoms with van der Waals surface area (Å²) in [6.45, 7) is 6.71. The second-order valence-corrected chi connectivity index (χ2v) is 6.99. The van der Waals surface area contributed by atoms with Gasteiger partial charge in [-0.15, -0.1) is 0 Å². The normalized spacial score (nSPS) is 9.53. The molecule has 152 valence electrons. The monoisotopic (exact) mass is 395 g/mol. The molecule has 0 heterocycles. The van der Waals surface area contributed by atoms with Gasteiger partial charge in [-0.2, -0.15) is 0 Å². The Morgan fingerprint density at radius 3 is 2.07 bits per heavy atom. The van der Waals surface area contributed by atoms with Gasteiger partial charge in [-0.05, 0) is 60.2 Å². The standard InChI is InChI=1S/C24H22.C4H6O2/c1-2-3-13-21-14-7-9-16-23(21)24-17-10-8-15-22(24)19-18-20-11-5-4-6-12-20;1-3(2)4(5)6/h4-12,14-17H,2-3,13H2,1H3;1H2,2H3,(H,5,6)/p-1. The van der Waals surface area contributed by atoms with E-state index in [0.29, 0.717) is 0 Å². The maximum absolute atomic E-state index is 9.49. The molecule has 0 aromatic heterocycles. The summed E-state index contributed by atoms with van der Waals surface area (Å²) < 4.78 is 0. The van der Waals surface area contributed by atoms with Crippen molar-refractivity contribution < 1.29 is 9.90 Å². The molecule has 0 amide bonds. The fourth-order valence-corrected chi connectivity index (χ4v) is 2.86. The molecule has 0 saturated carbocycles. The highest BCUT2D eigenvalue weighted by Gasteiger charge is 2.07. The Morgan fingerprint density at radius 2 is 1.43 bits per heavy atom. The fourth-order valence-electron chi connectivity index (χ4n) is 2.86. The van der Waals surface area contributed by atoms with E-state index in [0.717, 1.165) is 17.5 Å². The van der Waals surface area contributed by atoms with Gasteiger partial charge in [0.1, 0.15) is 0 Å². The molecule has 0 unspecified atom stereocenters. The van der Waals surface area contributed by atoms with Crippen LogP contribution in [0.5, 0.6) is 0 Å². The summed E-state index contributed by atoms with van der Waals surface area (Å²) in [7, 11) is 0. The lowest BCUT2D eigenvalue weighted by atomic mass is 9.93. The van der Waals surface area contributed by atoms with E-state index in [1.54, 1.807) is 0 Å². The van der Waals surface area contributed by atoms with Crippen molar-refractivity contribution >= 4 is 5.97 Å². The topological polar surface area (TPSA) is 40.1 Å². The van der Waals surface area contributed by atoms with Crippen LogP contribution < -0.4 is 5.11 Å². The van der Waals surface area contributed by atoms with Crippen LogP contribution in [0.3, 0.4) is 0 Å². The van der Waals surface area contributed by atoms with Crippen LogP contribution in [0.15, 0.2) is 91.0 Å². The first-order chi connectivity index (χ1) is 14.5. The Kier molecular flexibility index (Phi) is 9.16. The number of unbranched alkanes of at least 4 members (excludes halogenated alkanes) is 1. The van der Waals surface area contributed by atoms with Crippen LogP contribution in [0, 0.1) is 11.8 Å². The minimum absolute atomic E-state index is 0.0648. The smallest absolute Gasteiger partial charge is 0.0666 e. The van der Waals surface area contributed by atoms with Gasteiger partial charge in [0.15, 0.2) is 0 Å². The molecule has 0 atom stereocenters. The van der Waals surface area contributed by atoms with Crippen molar-refractivity contribution in [3.63, 3.8) is 0 Å². The molecule has 2 nitrogen and oxygen atoms in total. The predicted molar refractivity (Wildman–Crippen MR) is 123 cm³/mol. The van der Waals surface area contributed by atoms with Crippen LogP contribution in [0.4, 0.5) is 0 Å². The first-order valence-corrected chi connectivity index (χ1v) is 10.1. The van der Waals surface area contributed by atoms with Gasteiger partial charge in [0.25, 0.3) is 0 Å². The van der Waals surface area contributed by atoms with Crippen LogP contribution in [0.2, 0.25) is 0 Å². The number of carboxylic acids is 1. The van der Waals surface area contributed by atoms with E-state index in [-0.39, 0.29) is 5.57 Å². The Balaban J connectivity index is 0.000000469. The maximum Gasteiger partial charge on any atom is 0.0666 e. The lowest BCUT2D eigenvalue weighted by Crippen LogP contribution is -2.22.